The molecule has 0 amide bonds. The number of esters is 2. The summed E-state index contributed by atoms with van der Waals surface area (Å²) in [5, 5.41) is 3.25. The van der Waals surface area contributed by atoms with E-state index in [1.54, 1.807) is 0 Å². The summed E-state index contributed by atoms with van der Waals surface area (Å²) in [5.41, 5.74) is 2.26. The van der Waals surface area contributed by atoms with Gasteiger partial charge in [-0.15, -0.1) is 0 Å². The van der Waals surface area contributed by atoms with Crippen LogP contribution < -0.4 is 5.32 Å². The summed E-state index contributed by atoms with van der Waals surface area (Å²) < 4.78 is 12.8. The lowest BCUT2D eigenvalue weighted by Crippen LogP contribution is -2.56. The van der Waals surface area contributed by atoms with E-state index >= 15 is 0 Å². The van der Waals surface area contributed by atoms with Crippen molar-refractivity contribution in [1.82, 2.24) is 4.40 Å². The van der Waals surface area contributed by atoms with Crippen molar-refractivity contribution in [3.8, 4) is 0 Å². The molecule has 0 saturated carbocycles. The van der Waals surface area contributed by atoms with Crippen LogP contribution in [0.2, 0.25) is 0 Å². The highest BCUT2D eigenvalue weighted by Gasteiger charge is 2.50. The monoisotopic (exact) mass is 442 g/mol. The fourth-order valence-corrected chi connectivity index (χ4v) is 3.93. The first-order valence-electron chi connectivity index (χ1n) is 10.7. The Hall–Kier alpha value is -4.06. The molecule has 2 aromatic heterocycles. The number of rotatable bonds is 8. The average Bonchev–Trinajstić information content (AvgIpc) is 3.17. The van der Waals surface area contributed by atoms with Crippen LogP contribution in [0.5, 0.6) is 0 Å². The fourth-order valence-electron chi connectivity index (χ4n) is 3.93. The Morgan fingerprint density at radius 3 is 2.18 bits per heavy atom. The van der Waals surface area contributed by atoms with Gasteiger partial charge in [-0.05, 0) is 35.7 Å². The molecule has 0 saturated heterocycles. The zero-order chi connectivity index (χ0) is 23.3. The molecule has 0 aliphatic rings. The maximum atomic E-state index is 13.6. The number of hydrogen-bond donors (Lipinski definition) is 1. The summed E-state index contributed by atoms with van der Waals surface area (Å²) in [4.78, 5) is 26.9. The molecule has 6 nitrogen and oxygen atoms in total. The van der Waals surface area contributed by atoms with Gasteiger partial charge in [0.05, 0.1) is 18.3 Å². The van der Waals surface area contributed by atoms with Crippen LogP contribution in [-0.2, 0) is 32.1 Å². The Kier molecular flexibility index (Phi) is 6.45. The van der Waals surface area contributed by atoms with Crippen molar-refractivity contribution in [3.63, 3.8) is 0 Å². The number of aryl methyl sites for hydroxylation is 1. The summed E-state index contributed by atoms with van der Waals surface area (Å²) >= 11 is 0. The highest BCUT2D eigenvalue weighted by molar-refractivity contribution is 6.09. The van der Waals surface area contributed by atoms with Crippen molar-refractivity contribution >= 4 is 23.1 Å². The standard InChI is InChI=1S/C27H26N2O4/c1-20-18-29-16-10-9-15-23(29)24(20)28-27(25(30)32-2,17-21-11-5-3-6-12-21)26(31)33-19-22-13-7-4-8-14-22/h3-16,18,28H,17,19H2,1-2H3. The van der Waals surface area contributed by atoms with Crippen molar-refractivity contribution in [2.45, 2.75) is 25.5 Å². The van der Waals surface area contributed by atoms with Crippen LogP contribution in [0.1, 0.15) is 16.7 Å². The number of anilines is 1. The number of pyridine rings is 1. The SMILES string of the molecule is COC(=O)C(Cc1ccccc1)(Nc1c(C)cn2ccccc12)C(=O)OCc1ccccc1. The van der Waals surface area contributed by atoms with E-state index in [9.17, 15) is 9.59 Å². The van der Waals surface area contributed by atoms with E-state index in [1.165, 1.54) is 7.11 Å². The molecule has 0 radical (unpaired) electrons. The van der Waals surface area contributed by atoms with E-state index in [-0.39, 0.29) is 13.0 Å². The number of fused-ring (bicyclic) bond motifs is 1. The normalized spacial score (nSPS) is 12.7. The predicted molar refractivity (Wildman–Crippen MR) is 127 cm³/mol. The van der Waals surface area contributed by atoms with Gasteiger partial charge in [-0.25, -0.2) is 9.59 Å². The van der Waals surface area contributed by atoms with Gasteiger partial charge in [0.25, 0.3) is 0 Å². The molecule has 1 unspecified atom stereocenters. The molecular weight excluding hydrogens is 416 g/mol. The third-order valence-electron chi connectivity index (χ3n) is 5.62. The number of nitrogens with one attached hydrogen (secondary N) is 1. The minimum atomic E-state index is -1.77. The lowest BCUT2D eigenvalue weighted by atomic mass is 9.89. The quantitative estimate of drug-likeness (QED) is 0.320. The molecule has 0 aliphatic carbocycles. The van der Waals surface area contributed by atoms with Crippen LogP contribution in [-0.4, -0.2) is 29.0 Å². The van der Waals surface area contributed by atoms with Crippen molar-refractivity contribution in [2.75, 3.05) is 12.4 Å². The number of carbonyl (C=O) groups excluding carboxylic acids is 2. The number of methoxy groups -OCH3 is 1. The Labute approximate surface area is 192 Å². The molecule has 2 heterocycles. The molecule has 0 spiro atoms. The second-order valence-corrected chi connectivity index (χ2v) is 7.93. The summed E-state index contributed by atoms with van der Waals surface area (Å²) in [5.74, 6) is -1.41. The molecule has 33 heavy (non-hydrogen) atoms. The van der Waals surface area contributed by atoms with Crippen LogP contribution in [0.25, 0.3) is 5.52 Å². The molecule has 0 aliphatic heterocycles. The maximum Gasteiger partial charge on any atom is 0.344 e. The first kappa shape index (κ1) is 22.1. The van der Waals surface area contributed by atoms with Crippen molar-refractivity contribution in [2.24, 2.45) is 0 Å². The van der Waals surface area contributed by atoms with Gasteiger partial charge in [0.1, 0.15) is 6.61 Å². The van der Waals surface area contributed by atoms with E-state index in [0.29, 0.717) is 5.69 Å². The first-order valence-corrected chi connectivity index (χ1v) is 10.7. The van der Waals surface area contributed by atoms with Gasteiger partial charge in [0.15, 0.2) is 0 Å². The zero-order valence-electron chi connectivity index (χ0n) is 18.7. The van der Waals surface area contributed by atoms with Crippen LogP contribution in [0.3, 0.4) is 0 Å². The van der Waals surface area contributed by atoms with Gasteiger partial charge in [0, 0.05) is 18.8 Å². The summed E-state index contributed by atoms with van der Waals surface area (Å²) in [6.07, 6.45) is 3.92. The number of nitrogens with zero attached hydrogens (tertiary/aromatic N) is 1. The molecule has 0 bridgehead atoms. The van der Waals surface area contributed by atoms with Gasteiger partial charge >= 0.3 is 11.9 Å². The van der Waals surface area contributed by atoms with Crippen LogP contribution in [0.4, 0.5) is 5.69 Å². The van der Waals surface area contributed by atoms with Gasteiger partial charge in [-0.2, -0.15) is 0 Å². The third-order valence-corrected chi connectivity index (χ3v) is 5.62. The second-order valence-electron chi connectivity index (χ2n) is 7.93. The van der Waals surface area contributed by atoms with Crippen LogP contribution in [0, 0.1) is 6.92 Å². The smallest absolute Gasteiger partial charge is 0.344 e. The Bertz CT molecular complexity index is 1250. The number of hydrogen-bond acceptors (Lipinski definition) is 5. The number of ether oxygens (including phenoxy) is 2. The second kappa shape index (κ2) is 9.61. The average molecular weight is 443 g/mol. The minimum Gasteiger partial charge on any atom is -0.467 e. The van der Waals surface area contributed by atoms with Gasteiger partial charge in [-0.1, -0.05) is 66.7 Å². The van der Waals surface area contributed by atoms with E-state index in [4.69, 9.17) is 9.47 Å². The lowest BCUT2D eigenvalue weighted by Gasteiger charge is -2.31. The van der Waals surface area contributed by atoms with Gasteiger partial charge in [0.2, 0.25) is 5.54 Å². The largest absolute Gasteiger partial charge is 0.467 e. The molecule has 1 atom stereocenters. The van der Waals surface area contributed by atoms with E-state index in [1.807, 2.05) is 103 Å². The van der Waals surface area contributed by atoms with E-state index in [2.05, 4.69) is 5.32 Å². The minimum absolute atomic E-state index is 0.0460. The highest BCUT2D eigenvalue weighted by atomic mass is 16.6. The third kappa shape index (κ3) is 4.60. The topological polar surface area (TPSA) is 69.0 Å². The molecular formula is C27H26N2O4. The fraction of sp³-hybridized carbons (Fsp3) is 0.185. The first-order chi connectivity index (χ1) is 16.0. The summed E-state index contributed by atoms with van der Waals surface area (Å²) in [6, 6.07) is 24.5. The number of benzene rings is 2. The summed E-state index contributed by atoms with van der Waals surface area (Å²) in [6.45, 7) is 1.97. The number of carbonyl (C=O) groups is 2. The highest BCUT2D eigenvalue weighted by Crippen LogP contribution is 2.30. The zero-order valence-corrected chi connectivity index (χ0v) is 18.7. The number of aromatic nitrogens is 1. The van der Waals surface area contributed by atoms with E-state index in [0.717, 1.165) is 22.2 Å². The van der Waals surface area contributed by atoms with Crippen LogP contribution >= 0.6 is 0 Å². The molecule has 6 heteroatoms. The van der Waals surface area contributed by atoms with Crippen molar-refractivity contribution < 1.29 is 19.1 Å². The molecule has 168 valence electrons. The molecule has 4 rings (SSSR count). The van der Waals surface area contributed by atoms with E-state index < -0.39 is 17.5 Å². The van der Waals surface area contributed by atoms with Gasteiger partial charge in [-0.3, -0.25) is 0 Å². The van der Waals surface area contributed by atoms with Crippen molar-refractivity contribution in [3.05, 3.63) is 108 Å². The molecule has 4 aromatic rings. The predicted octanol–water partition coefficient (Wildman–Crippen LogP) is 4.56. The molecule has 0 fully saturated rings. The Balaban J connectivity index is 1.77. The van der Waals surface area contributed by atoms with Gasteiger partial charge < -0.3 is 19.2 Å². The Morgan fingerprint density at radius 1 is 0.879 bits per heavy atom. The Morgan fingerprint density at radius 2 is 1.52 bits per heavy atom. The lowest BCUT2D eigenvalue weighted by molar-refractivity contribution is -0.162. The molecule has 1 N–H and O–H groups in total. The van der Waals surface area contributed by atoms with Crippen LogP contribution in [0.15, 0.2) is 91.3 Å². The molecule has 2 aromatic carbocycles. The van der Waals surface area contributed by atoms with Crippen molar-refractivity contribution in [1.29, 1.82) is 0 Å². The maximum absolute atomic E-state index is 13.6. The summed E-state index contributed by atoms with van der Waals surface area (Å²) in [7, 11) is 1.28.